The first-order valence-electron chi connectivity index (χ1n) is 6.04. The standard InChI is InChI=1S/C15H11ClN2O2/c1-8-12(16)3-2-4-13(8)18-14(19)10-6-5-9(17)7-11(10)15(18)20/h2-7H,17H2,1H3. The summed E-state index contributed by atoms with van der Waals surface area (Å²) in [7, 11) is 0. The van der Waals surface area contributed by atoms with Crippen LogP contribution < -0.4 is 10.6 Å². The van der Waals surface area contributed by atoms with Gasteiger partial charge >= 0.3 is 0 Å². The van der Waals surface area contributed by atoms with Crippen LogP contribution >= 0.6 is 11.6 Å². The topological polar surface area (TPSA) is 63.4 Å². The molecule has 2 aromatic rings. The third-order valence-electron chi connectivity index (χ3n) is 3.39. The van der Waals surface area contributed by atoms with Crippen molar-refractivity contribution in [3.63, 3.8) is 0 Å². The Labute approximate surface area is 120 Å². The van der Waals surface area contributed by atoms with E-state index >= 15 is 0 Å². The summed E-state index contributed by atoms with van der Waals surface area (Å²) in [5.41, 5.74) is 8.01. The Balaban J connectivity index is 2.17. The zero-order valence-electron chi connectivity index (χ0n) is 10.7. The Morgan fingerprint density at radius 1 is 1.05 bits per heavy atom. The number of nitrogen functional groups attached to an aromatic ring is 1. The summed E-state index contributed by atoms with van der Waals surface area (Å²) in [5, 5.41) is 0.513. The summed E-state index contributed by atoms with van der Waals surface area (Å²) < 4.78 is 0. The summed E-state index contributed by atoms with van der Waals surface area (Å²) in [4.78, 5) is 26.0. The van der Waals surface area contributed by atoms with Gasteiger partial charge in [0.2, 0.25) is 0 Å². The quantitative estimate of drug-likeness (QED) is 0.647. The number of fused-ring (bicyclic) bond motifs is 1. The maximum atomic E-state index is 12.4. The number of nitrogens with zero attached hydrogens (tertiary/aromatic N) is 1. The van der Waals surface area contributed by atoms with Crippen LogP contribution in [0, 0.1) is 6.92 Å². The van der Waals surface area contributed by atoms with Gasteiger partial charge in [-0.3, -0.25) is 9.59 Å². The Morgan fingerprint density at radius 2 is 1.75 bits per heavy atom. The molecule has 0 bridgehead atoms. The largest absolute Gasteiger partial charge is 0.399 e. The number of benzene rings is 2. The molecule has 0 saturated heterocycles. The molecule has 0 aromatic heterocycles. The van der Waals surface area contributed by atoms with Crippen LogP contribution in [0.5, 0.6) is 0 Å². The van der Waals surface area contributed by atoms with Crippen molar-refractivity contribution in [1.29, 1.82) is 0 Å². The Kier molecular flexibility index (Phi) is 2.76. The van der Waals surface area contributed by atoms with Crippen molar-refractivity contribution in [2.45, 2.75) is 6.92 Å². The fourth-order valence-corrected chi connectivity index (χ4v) is 2.49. The Morgan fingerprint density at radius 3 is 2.50 bits per heavy atom. The van der Waals surface area contributed by atoms with E-state index in [9.17, 15) is 9.59 Å². The first-order valence-corrected chi connectivity index (χ1v) is 6.42. The molecule has 0 radical (unpaired) electrons. The van der Waals surface area contributed by atoms with Gasteiger partial charge in [-0.25, -0.2) is 4.90 Å². The first-order chi connectivity index (χ1) is 9.50. The third-order valence-corrected chi connectivity index (χ3v) is 3.80. The maximum Gasteiger partial charge on any atom is 0.266 e. The molecule has 0 atom stereocenters. The van der Waals surface area contributed by atoms with Crippen LogP contribution in [0.1, 0.15) is 26.3 Å². The van der Waals surface area contributed by atoms with Crippen LogP contribution in [0.25, 0.3) is 0 Å². The second-order valence-corrected chi connectivity index (χ2v) is 5.04. The predicted molar refractivity (Wildman–Crippen MR) is 78.2 cm³/mol. The van der Waals surface area contributed by atoms with Crippen molar-refractivity contribution in [3.05, 3.63) is 58.1 Å². The smallest absolute Gasteiger partial charge is 0.266 e. The summed E-state index contributed by atoms with van der Waals surface area (Å²) >= 11 is 6.05. The average Bonchev–Trinajstić information content (AvgIpc) is 2.65. The lowest BCUT2D eigenvalue weighted by Gasteiger charge is -2.17. The molecule has 20 heavy (non-hydrogen) atoms. The highest BCUT2D eigenvalue weighted by Gasteiger charge is 2.37. The van der Waals surface area contributed by atoms with Gasteiger partial charge in [0.05, 0.1) is 16.8 Å². The molecule has 2 aromatic carbocycles. The van der Waals surface area contributed by atoms with Crippen molar-refractivity contribution in [1.82, 2.24) is 0 Å². The third kappa shape index (κ3) is 1.69. The molecule has 0 fully saturated rings. The molecule has 3 rings (SSSR count). The molecular formula is C15H11ClN2O2. The van der Waals surface area contributed by atoms with Crippen molar-refractivity contribution < 1.29 is 9.59 Å². The number of amides is 2. The van der Waals surface area contributed by atoms with Gasteiger partial charge in [0, 0.05) is 10.7 Å². The van der Waals surface area contributed by atoms with E-state index < -0.39 is 0 Å². The second kappa shape index (κ2) is 4.35. The number of hydrogen-bond donors (Lipinski definition) is 1. The molecule has 0 saturated carbocycles. The van der Waals surface area contributed by atoms with Crippen LogP contribution in [0.4, 0.5) is 11.4 Å². The number of halogens is 1. The molecule has 2 amide bonds. The highest BCUT2D eigenvalue weighted by molar-refractivity contribution is 6.36. The molecule has 1 aliphatic rings. The lowest BCUT2D eigenvalue weighted by Crippen LogP contribution is -2.30. The number of nitrogens with two attached hydrogens (primary N) is 1. The van der Waals surface area contributed by atoms with Gasteiger partial charge in [-0.1, -0.05) is 17.7 Å². The summed E-state index contributed by atoms with van der Waals surface area (Å²) in [6.45, 7) is 1.77. The minimum atomic E-state index is -0.373. The number of carbonyl (C=O) groups excluding carboxylic acids is 2. The van der Waals surface area contributed by atoms with Crippen LogP contribution in [0.2, 0.25) is 5.02 Å². The number of imide groups is 1. The van der Waals surface area contributed by atoms with Gasteiger partial charge in [-0.05, 0) is 42.8 Å². The van der Waals surface area contributed by atoms with Gasteiger partial charge < -0.3 is 5.73 Å². The van der Waals surface area contributed by atoms with Crippen molar-refractivity contribution in [3.8, 4) is 0 Å². The van der Waals surface area contributed by atoms with Gasteiger partial charge in [-0.15, -0.1) is 0 Å². The van der Waals surface area contributed by atoms with Crippen LogP contribution in [-0.4, -0.2) is 11.8 Å². The van der Waals surface area contributed by atoms with Gasteiger partial charge in [-0.2, -0.15) is 0 Å². The average molecular weight is 287 g/mol. The number of anilines is 2. The lowest BCUT2D eigenvalue weighted by molar-refractivity contribution is 0.0926. The minimum absolute atomic E-state index is 0.328. The fourth-order valence-electron chi connectivity index (χ4n) is 2.32. The molecule has 0 spiro atoms. The molecular weight excluding hydrogens is 276 g/mol. The number of hydrogen-bond acceptors (Lipinski definition) is 3. The van der Waals surface area contributed by atoms with Crippen molar-refractivity contribution >= 4 is 34.8 Å². The Bertz CT molecular complexity index is 756. The van der Waals surface area contributed by atoms with E-state index in [-0.39, 0.29) is 11.8 Å². The van der Waals surface area contributed by atoms with E-state index in [0.717, 1.165) is 4.90 Å². The van der Waals surface area contributed by atoms with Gasteiger partial charge in [0.15, 0.2) is 0 Å². The molecule has 0 unspecified atom stereocenters. The zero-order chi connectivity index (χ0) is 14.4. The highest BCUT2D eigenvalue weighted by atomic mass is 35.5. The van der Waals surface area contributed by atoms with E-state index in [4.69, 9.17) is 17.3 Å². The lowest BCUT2D eigenvalue weighted by atomic mass is 10.1. The fraction of sp³-hybridized carbons (Fsp3) is 0.0667. The monoisotopic (exact) mass is 286 g/mol. The zero-order valence-corrected chi connectivity index (χ0v) is 11.4. The molecule has 4 nitrogen and oxygen atoms in total. The predicted octanol–water partition coefficient (Wildman–Crippen LogP) is 3.03. The summed E-state index contributed by atoms with van der Waals surface area (Å²) in [6.07, 6.45) is 0. The van der Waals surface area contributed by atoms with E-state index in [1.54, 1.807) is 37.3 Å². The molecule has 5 heteroatoms. The normalized spacial score (nSPS) is 13.8. The molecule has 1 heterocycles. The van der Waals surface area contributed by atoms with Crippen molar-refractivity contribution in [2.75, 3.05) is 10.6 Å². The van der Waals surface area contributed by atoms with Crippen LogP contribution in [0.15, 0.2) is 36.4 Å². The molecule has 1 aliphatic heterocycles. The molecule has 0 aliphatic carbocycles. The van der Waals surface area contributed by atoms with Gasteiger partial charge in [0.25, 0.3) is 11.8 Å². The Hall–Kier alpha value is -2.33. The molecule has 100 valence electrons. The number of carbonyl (C=O) groups is 2. The maximum absolute atomic E-state index is 12.4. The van der Waals surface area contributed by atoms with Crippen molar-refractivity contribution in [2.24, 2.45) is 0 Å². The van der Waals surface area contributed by atoms with E-state index in [1.807, 2.05) is 0 Å². The van der Waals surface area contributed by atoms with E-state index in [2.05, 4.69) is 0 Å². The molecule has 2 N–H and O–H groups in total. The first kappa shape index (κ1) is 12.7. The van der Waals surface area contributed by atoms with Crippen LogP contribution in [-0.2, 0) is 0 Å². The van der Waals surface area contributed by atoms with Crippen LogP contribution in [0.3, 0.4) is 0 Å². The highest BCUT2D eigenvalue weighted by Crippen LogP contribution is 2.33. The van der Waals surface area contributed by atoms with E-state index in [1.165, 1.54) is 6.07 Å². The summed E-state index contributed by atoms with van der Waals surface area (Å²) in [6, 6.07) is 9.84. The summed E-state index contributed by atoms with van der Waals surface area (Å²) in [5.74, 6) is -0.724. The number of rotatable bonds is 1. The van der Waals surface area contributed by atoms with Gasteiger partial charge in [0.1, 0.15) is 0 Å². The second-order valence-electron chi connectivity index (χ2n) is 4.63. The van der Waals surface area contributed by atoms with E-state index in [0.29, 0.717) is 33.1 Å². The minimum Gasteiger partial charge on any atom is -0.399 e. The SMILES string of the molecule is Cc1c(Cl)cccc1N1C(=O)c2ccc(N)cc2C1=O.